The van der Waals surface area contributed by atoms with Crippen LogP contribution >= 0.6 is 0 Å². The molecule has 1 fully saturated rings. The van der Waals surface area contributed by atoms with E-state index in [9.17, 15) is 4.79 Å². The number of aromatic carboxylic acids is 1. The Balaban J connectivity index is 2.19. The third-order valence-corrected chi connectivity index (χ3v) is 4.10. The van der Waals surface area contributed by atoms with Gasteiger partial charge in [-0.25, -0.2) is 9.78 Å². The number of nitrogens with zero attached hydrogens (tertiary/aromatic N) is 3. The van der Waals surface area contributed by atoms with Crippen molar-refractivity contribution in [3.8, 4) is 0 Å². The number of carbonyl (C=O) groups is 1. The lowest BCUT2D eigenvalue weighted by Gasteiger charge is -2.26. The van der Waals surface area contributed by atoms with Crippen molar-refractivity contribution >= 4 is 11.8 Å². The van der Waals surface area contributed by atoms with Crippen molar-refractivity contribution < 1.29 is 9.90 Å². The average molecular weight is 249 g/mol. The van der Waals surface area contributed by atoms with Crippen molar-refractivity contribution in [2.24, 2.45) is 5.41 Å². The second-order valence-electron chi connectivity index (χ2n) is 4.95. The fourth-order valence-electron chi connectivity index (χ4n) is 2.57. The molecule has 2 rings (SSSR count). The SMILES string of the molecule is CCC1(CC)CCN(c2cncc(C(=O)O)n2)C1. The maximum absolute atomic E-state index is 10.9. The van der Waals surface area contributed by atoms with Gasteiger partial charge in [-0.15, -0.1) is 0 Å². The van der Waals surface area contributed by atoms with E-state index < -0.39 is 5.97 Å². The Morgan fingerprint density at radius 2 is 2.17 bits per heavy atom. The van der Waals surface area contributed by atoms with E-state index in [1.165, 1.54) is 6.20 Å². The largest absolute Gasteiger partial charge is 0.476 e. The molecule has 1 saturated heterocycles. The normalized spacial score (nSPS) is 18.0. The Labute approximate surface area is 107 Å². The molecule has 0 radical (unpaired) electrons. The Hall–Kier alpha value is -1.65. The highest BCUT2D eigenvalue weighted by atomic mass is 16.4. The van der Waals surface area contributed by atoms with Crippen molar-refractivity contribution in [1.29, 1.82) is 0 Å². The van der Waals surface area contributed by atoms with Gasteiger partial charge in [0.05, 0.1) is 12.4 Å². The van der Waals surface area contributed by atoms with Crippen molar-refractivity contribution in [3.05, 3.63) is 18.1 Å². The number of carboxylic acid groups (broad SMARTS) is 1. The summed E-state index contributed by atoms with van der Waals surface area (Å²) >= 11 is 0. The lowest BCUT2D eigenvalue weighted by molar-refractivity contribution is 0.0690. The molecule has 1 aliphatic rings. The summed E-state index contributed by atoms with van der Waals surface area (Å²) in [6.07, 6.45) is 6.36. The van der Waals surface area contributed by atoms with E-state index in [1.807, 2.05) is 0 Å². The lowest BCUT2D eigenvalue weighted by Crippen LogP contribution is -2.27. The summed E-state index contributed by atoms with van der Waals surface area (Å²) in [7, 11) is 0. The highest BCUT2D eigenvalue weighted by Gasteiger charge is 2.35. The third-order valence-electron chi connectivity index (χ3n) is 4.10. The zero-order chi connectivity index (χ0) is 13.2. The van der Waals surface area contributed by atoms with Gasteiger partial charge in [-0.3, -0.25) is 4.98 Å². The Morgan fingerprint density at radius 3 is 2.72 bits per heavy atom. The van der Waals surface area contributed by atoms with E-state index in [0.29, 0.717) is 11.2 Å². The number of hydrogen-bond acceptors (Lipinski definition) is 4. The molecule has 18 heavy (non-hydrogen) atoms. The van der Waals surface area contributed by atoms with Crippen molar-refractivity contribution in [3.63, 3.8) is 0 Å². The van der Waals surface area contributed by atoms with Crippen LogP contribution in [0.3, 0.4) is 0 Å². The molecule has 0 unspecified atom stereocenters. The van der Waals surface area contributed by atoms with Gasteiger partial charge in [-0.1, -0.05) is 13.8 Å². The van der Waals surface area contributed by atoms with Crippen LogP contribution in [0.5, 0.6) is 0 Å². The van der Waals surface area contributed by atoms with Gasteiger partial charge in [-0.2, -0.15) is 0 Å². The molecule has 0 atom stereocenters. The summed E-state index contributed by atoms with van der Waals surface area (Å²) in [5, 5.41) is 8.93. The maximum Gasteiger partial charge on any atom is 0.356 e. The van der Waals surface area contributed by atoms with Crippen LogP contribution in [0.4, 0.5) is 5.82 Å². The maximum atomic E-state index is 10.9. The molecule has 5 heteroatoms. The van der Waals surface area contributed by atoms with E-state index in [0.717, 1.165) is 32.4 Å². The Morgan fingerprint density at radius 1 is 1.44 bits per heavy atom. The molecule has 0 saturated carbocycles. The zero-order valence-corrected chi connectivity index (χ0v) is 10.9. The second-order valence-corrected chi connectivity index (χ2v) is 4.95. The molecule has 1 aromatic heterocycles. The Kier molecular flexibility index (Phi) is 3.50. The lowest BCUT2D eigenvalue weighted by atomic mass is 9.82. The van der Waals surface area contributed by atoms with E-state index in [-0.39, 0.29) is 5.69 Å². The van der Waals surface area contributed by atoms with Crippen LogP contribution in [0.2, 0.25) is 0 Å². The summed E-state index contributed by atoms with van der Waals surface area (Å²) in [4.78, 5) is 21.1. The minimum atomic E-state index is -1.03. The fraction of sp³-hybridized carbons (Fsp3) is 0.615. The molecule has 1 aromatic rings. The average Bonchev–Trinajstić information content (AvgIpc) is 2.84. The first kappa shape index (κ1) is 12.8. The standard InChI is InChI=1S/C13H19N3O2/c1-3-13(4-2)5-6-16(9-13)11-8-14-7-10(15-11)12(17)18/h7-8H,3-6,9H2,1-2H3,(H,17,18). The summed E-state index contributed by atoms with van der Waals surface area (Å²) in [6.45, 7) is 6.30. The fourth-order valence-corrected chi connectivity index (χ4v) is 2.57. The van der Waals surface area contributed by atoms with Gasteiger partial charge in [-0.05, 0) is 24.7 Å². The summed E-state index contributed by atoms with van der Waals surface area (Å²) in [5.74, 6) is -0.348. The molecule has 0 spiro atoms. The molecule has 1 aliphatic heterocycles. The molecule has 98 valence electrons. The smallest absolute Gasteiger partial charge is 0.356 e. The van der Waals surface area contributed by atoms with Gasteiger partial charge in [0.2, 0.25) is 0 Å². The number of anilines is 1. The van der Waals surface area contributed by atoms with E-state index in [1.54, 1.807) is 6.20 Å². The second kappa shape index (κ2) is 4.92. The van der Waals surface area contributed by atoms with Crippen LogP contribution < -0.4 is 4.90 Å². The van der Waals surface area contributed by atoms with Gasteiger partial charge in [0.25, 0.3) is 0 Å². The highest BCUT2D eigenvalue weighted by Crippen LogP contribution is 2.38. The van der Waals surface area contributed by atoms with Crippen molar-refractivity contribution in [1.82, 2.24) is 9.97 Å². The van der Waals surface area contributed by atoms with Gasteiger partial charge in [0.15, 0.2) is 5.69 Å². The van der Waals surface area contributed by atoms with Crippen LogP contribution in [-0.4, -0.2) is 34.1 Å². The third kappa shape index (κ3) is 2.30. The first-order chi connectivity index (χ1) is 8.60. The molecule has 1 N–H and O–H groups in total. The van der Waals surface area contributed by atoms with E-state index in [4.69, 9.17) is 5.11 Å². The van der Waals surface area contributed by atoms with Gasteiger partial charge < -0.3 is 10.0 Å². The first-order valence-corrected chi connectivity index (χ1v) is 6.40. The van der Waals surface area contributed by atoms with Crippen molar-refractivity contribution in [2.45, 2.75) is 33.1 Å². The predicted octanol–water partition coefficient (Wildman–Crippen LogP) is 2.19. The highest BCUT2D eigenvalue weighted by molar-refractivity contribution is 5.85. The topological polar surface area (TPSA) is 66.3 Å². The molecule has 0 amide bonds. The van der Waals surface area contributed by atoms with E-state index >= 15 is 0 Å². The van der Waals surface area contributed by atoms with Crippen LogP contribution in [0.15, 0.2) is 12.4 Å². The minimum Gasteiger partial charge on any atom is -0.476 e. The van der Waals surface area contributed by atoms with Crippen LogP contribution in [0, 0.1) is 5.41 Å². The number of aromatic nitrogens is 2. The quantitative estimate of drug-likeness (QED) is 0.886. The molecule has 0 aromatic carbocycles. The Bertz CT molecular complexity index is 444. The number of rotatable bonds is 4. The summed E-state index contributed by atoms with van der Waals surface area (Å²) in [5.41, 5.74) is 0.360. The van der Waals surface area contributed by atoms with E-state index in [2.05, 4.69) is 28.7 Å². The monoisotopic (exact) mass is 249 g/mol. The van der Waals surface area contributed by atoms with Crippen LogP contribution in [0.1, 0.15) is 43.6 Å². The molecule has 2 heterocycles. The minimum absolute atomic E-state index is 0.0120. The summed E-state index contributed by atoms with van der Waals surface area (Å²) in [6, 6.07) is 0. The van der Waals surface area contributed by atoms with Gasteiger partial charge >= 0.3 is 5.97 Å². The molecule has 5 nitrogen and oxygen atoms in total. The number of hydrogen-bond donors (Lipinski definition) is 1. The first-order valence-electron chi connectivity index (χ1n) is 6.40. The summed E-state index contributed by atoms with van der Waals surface area (Å²) < 4.78 is 0. The molecular weight excluding hydrogens is 230 g/mol. The molecule has 0 aliphatic carbocycles. The predicted molar refractivity (Wildman–Crippen MR) is 68.8 cm³/mol. The molecular formula is C13H19N3O2. The van der Waals surface area contributed by atoms with Crippen molar-refractivity contribution in [2.75, 3.05) is 18.0 Å². The van der Waals surface area contributed by atoms with Crippen LogP contribution in [0.25, 0.3) is 0 Å². The molecule has 0 bridgehead atoms. The van der Waals surface area contributed by atoms with Crippen LogP contribution in [-0.2, 0) is 0 Å². The number of carboxylic acids is 1. The van der Waals surface area contributed by atoms with Gasteiger partial charge in [0, 0.05) is 13.1 Å². The zero-order valence-electron chi connectivity index (χ0n) is 10.9. The van der Waals surface area contributed by atoms with Gasteiger partial charge in [0.1, 0.15) is 5.82 Å².